The molecule has 0 bridgehead atoms. The molecule has 2 rings (SSSR count). The molecule has 0 aliphatic carbocycles. The molecule has 0 spiro atoms. The number of H-pyrrole nitrogens is 1. The van der Waals surface area contributed by atoms with Gasteiger partial charge in [-0.2, -0.15) is 5.10 Å². The van der Waals surface area contributed by atoms with Gasteiger partial charge in [0, 0.05) is 0 Å². The Labute approximate surface area is 110 Å². The Bertz CT molecular complexity index is 536. The molecular weight excluding hydrogens is 247 g/mol. The fourth-order valence-electron chi connectivity index (χ4n) is 1.83. The molecule has 0 aliphatic heterocycles. The van der Waals surface area contributed by atoms with Crippen molar-refractivity contribution in [2.45, 2.75) is 19.9 Å². The van der Waals surface area contributed by atoms with Crippen LogP contribution in [-0.2, 0) is 0 Å². The van der Waals surface area contributed by atoms with Crippen molar-refractivity contribution < 1.29 is 9.18 Å². The molecule has 19 heavy (non-hydrogen) atoms. The van der Waals surface area contributed by atoms with E-state index in [1.54, 1.807) is 12.1 Å². The molecule has 2 aromatic rings. The van der Waals surface area contributed by atoms with Crippen LogP contribution in [-0.4, -0.2) is 21.1 Å². The molecule has 1 aromatic carbocycles. The van der Waals surface area contributed by atoms with Gasteiger partial charge in [0.2, 0.25) is 5.82 Å². The van der Waals surface area contributed by atoms with Crippen molar-refractivity contribution in [1.82, 2.24) is 20.5 Å². The Balaban J connectivity index is 2.17. The number of aromatic amines is 1. The average Bonchev–Trinajstić information content (AvgIpc) is 2.90. The number of carbonyl (C=O) groups is 1. The molecule has 1 heterocycles. The van der Waals surface area contributed by atoms with Gasteiger partial charge in [0.1, 0.15) is 12.1 Å². The van der Waals surface area contributed by atoms with Crippen LogP contribution < -0.4 is 5.32 Å². The largest absolute Gasteiger partial charge is 0.342 e. The molecule has 0 fully saturated rings. The van der Waals surface area contributed by atoms with E-state index < -0.39 is 0 Å². The summed E-state index contributed by atoms with van der Waals surface area (Å²) in [7, 11) is 0. The number of nitrogens with one attached hydrogen (secondary N) is 2. The minimum atomic E-state index is -0.333. The van der Waals surface area contributed by atoms with Gasteiger partial charge in [-0.3, -0.25) is 9.89 Å². The summed E-state index contributed by atoms with van der Waals surface area (Å²) in [5.74, 6) is -0.307. The predicted molar refractivity (Wildman–Crippen MR) is 67.8 cm³/mol. The summed E-state index contributed by atoms with van der Waals surface area (Å²) < 4.78 is 12.9. The lowest BCUT2D eigenvalue weighted by Crippen LogP contribution is -2.32. The van der Waals surface area contributed by atoms with Crippen molar-refractivity contribution in [2.24, 2.45) is 5.92 Å². The molecule has 1 atom stereocenters. The Kier molecular flexibility index (Phi) is 3.89. The van der Waals surface area contributed by atoms with Gasteiger partial charge in [0.15, 0.2) is 0 Å². The third-order valence-electron chi connectivity index (χ3n) is 2.81. The second-order valence-electron chi connectivity index (χ2n) is 4.58. The Morgan fingerprint density at radius 3 is 2.53 bits per heavy atom. The Morgan fingerprint density at radius 2 is 2.00 bits per heavy atom. The summed E-state index contributed by atoms with van der Waals surface area (Å²) in [6, 6.07) is 5.89. The van der Waals surface area contributed by atoms with E-state index in [2.05, 4.69) is 20.5 Å². The van der Waals surface area contributed by atoms with Gasteiger partial charge in [0.25, 0.3) is 5.91 Å². The molecule has 0 aliphatic rings. The molecule has 0 radical (unpaired) electrons. The monoisotopic (exact) mass is 262 g/mol. The summed E-state index contributed by atoms with van der Waals surface area (Å²) in [5, 5.41) is 9.00. The lowest BCUT2D eigenvalue weighted by atomic mass is 9.96. The van der Waals surface area contributed by atoms with Crippen LogP contribution in [0.15, 0.2) is 30.6 Å². The maximum atomic E-state index is 12.9. The van der Waals surface area contributed by atoms with E-state index >= 15 is 0 Å². The van der Waals surface area contributed by atoms with Crippen LogP contribution in [0.2, 0.25) is 0 Å². The first-order chi connectivity index (χ1) is 9.08. The summed E-state index contributed by atoms with van der Waals surface area (Å²) in [4.78, 5) is 15.7. The fraction of sp³-hybridized carbons (Fsp3) is 0.308. The number of hydrogen-bond acceptors (Lipinski definition) is 3. The van der Waals surface area contributed by atoms with Crippen LogP contribution in [0.25, 0.3) is 0 Å². The van der Waals surface area contributed by atoms with Crippen LogP contribution in [0.3, 0.4) is 0 Å². The Hall–Kier alpha value is -2.24. The highest BCUT2D eigenvalue weighted by Crippen LogP contribution is 2.22. The van der Waals surface area contributed by atoms with Gasteiger partial charge in [-0.05, 0) is 23.6 Å². The summed E-state index contributed by atoms with van der Waals surface area (Å²) in [6.07, 6.45) is 1.27. The van der Waals surface area contributed by atoms with Crippen LogP contribution in [0, 0.1) is 11.7 Å². The number of hydrogen-bond donors (Lipinski definition) is 2. The van der Waals surface area contributed by atoms with E-state index in [1.165, 1.54) is 18.5 Å². The number of aromatic nitrogens is 3. The third-order valence-corrected chi connectivity index (χ3v) is 2.81. The average molecular weight is 262 g/mol. The molecule has 1 aromatic heterocycles. The lowest BCUT2D eigenvalue weighted by Gasteiger charge is -2.22. The molecule has 6 heteroatoms. The number of benzene rings is 1. The first-order valence-electron chi connectivity index (χ1n) is 5.99. The number of carbonyl (C=O) groups excluding carboxylic acids is 1. The lowest BCUT2D eigenvalue weighted by molar-refractivity contribution is 0.0915. The molecule has 1 unspecified atom stereocenters. The first kappa shape index (κ1) is 13.2. The number of amides is 1. The van der Waals surface area contributed by atoms with E-state index in [-0.39, 0.29) is 29.5 Å². The molecule has 1 amide bonds. The molecule has 5 nitrogen and oxygen atoms in total. The first-order valence-corrected chi connectivity index (χ1v) is 5.99. The maximum Gasteiger partial charge on any atom is 0.289 e. The molecule has 2 N–H and O–H groups in total. The van der Waals surface area contributed by atoms with E-state index in [1.807, 2.05) is 13.8 Å². The maximum absolute atomic E-state index is 12.9. The van der Waals surface area contributed by atoms with Gasteiger partial charge in [-0.15, -0.1) is 0 Å². The van der Waals surface area contributed by atoms with Gasteiger partial charge in [-0.25, -0.2) is 9.37 Å². The van der Waals surface area contributed by atoms with Crippen molar-refractivity contribution in [3.8, 4) is 0 Å². The minimum Gasteiger partial charge on any atom is -0.342 e. The summed E-state index contributed by atoms with van der Waals surface area (Å²) in [5.41, 5.74) is 0.851. The van der Waals surface area contributed by atoms with Gasteiger partial charge in [0.05, 0.1) is 6.04 Å². The van der Waals surface area contributed by atoms with Gasteiger partial charge >= 0.3 is 0 Å². The van der Waals surface area contributed by atoms with E-state index in [0.717, 1.165) is 5.56 Å². The van der Waals surface area contributed by atoms with Crippen molar-refractivity contribution in [1.29, 1.82) is 0 Å². The van der Waals surface area contributed by atoms with E-state index in [9.17, 15) is 9.18 Å². The third kappa shape index (κ3) is 3.15. The smallest absolute Gasteiger partial charge is 0.289 e. The normalized spacial score (nSPS) is 12.4. The zero-order chi connectivity index (χ0) is 13.8. The Morgan fingerprint density at radius 1 is 1.32 bits per heavy atom. The summed E-state index contributed by atoms with van der Waals surface area (Å²) >= 11 is 0. The number of nitrogens with zero attached hydrogens (tertiary/aromatic N) is 2. The second kappa shape index (κ2) is 5.60. The van der Waals surface area contributed by atoms with Crippen LogP contribution in [0.1, 0.15) is 36.1 Å². The zero-order valence-corrected chi connectivity index (χ0v) is 10.7. The molecule has 0 saturated heterocycles. The molecule has 0 saturated carbocycles. The highest BCUT2D eigenvalue weighted by atomic mass is 19.1. The molecule has 100 valence electrons. The van der Waals surface area contributed by atoms with Crippen LogP contribution in [0.4, 0.5) is 4.39 Å². The highest BCUT2D eigenvalue weighted by molar-refractivity contribution is 5.90. The van der Waals surface area contributed by atoms with Crippen LogP contribution >= 0.6 is 0 Å². The topological polar surface area (TPSA) is 70.7 Å². The van der Waals surface area contributed by atoms with Crippen molar-refractivity contribution in [2.75, 3.05) is 0 Å². The van der Waals surface area contributed by atoms with E-state index in [4.69, 9.17) is 0 Å². The second-order valence-corrected chi connectivity index (χ2v) is 4.58. The SMILES string of the molecule is CC(C)C(NC(=O)c1ncn[nH]1)c1ccc(F)cc1. The fourth-order valence-corrected chi connectivity index (χ4v) is 1.83. The predicted octanol–water partition coefficient (Wildman–Crippen LogP) is 2.07. The summed E-state index contributed by atoms with van der Waals surface area (Å²) in [6.45, 7) is 3.96. The van der Waals surface area contributed by atoms with Crippen molar-refractivity contribution in [3.63, 3.8) is 0 Å². The number of rotatable bonds is 4. The minimum absolute atomic E-state index is 0.160. The van der Waals surface area contributed by atoms with Crippen molar-refractivity contribution in [3.05, 3.63) is 47.8 Å². The quantitative estimate of drug-likeness (QED) is 0.886. The zero-order valence-electron chi connectivity index (χ0n) is 10.7. The van der Waals surface area contributed by atoms with Crippen molar-refractivity contribution >= 4 is 5.91 Å². The van der Waals surface area contributed by atoms with Gasteiger partial charge < -0.3 is 5.32 Å². The molecular formula is C13H15FN4O. The van der Waals surface area contributed by atoms with Gasteiger partial charge in [-0.1, -0.05) is 26.0 Å². The van der Waals surface area contributed by atoms with Crippen LogP contribution in [0.5, 0.6) is 0 Å². The number of halogens is 1. The van der Waals surface area contributed by atoms with E-state index in [0.29, 0.717) is 0 Å². The standard InChI is InChI=1S/C13H15FN4O/c1-8(2)11(9-3-5-10(14)6-4-9)17-13(19)12-15-7-16-18-12/h3-8,11H,1-2H3,(H,17,19)(H,15,16,18). The highest BCUT2D eigenvalue weighted by Gasteiger charge is 2.20.